The summed E-state index contributed by atoms with van der Waals surface area (Å²) in [5, 5.41) is 2.99. The van der Waals surface area contributed by atoms with Gasteiger partial charge in [0.1, 0.15) is 0 Å². The monoisotopic (exact) mass is 121 g/mol. The van der Waals surface area contributed by atoms with Gasteiger partial charge in [0, 0.05) is 19.4 Å². The Bertz CT molecular complexity index is 30.9. The minimum Gasteiger partial charge on any atom is -0.370 e. The van der Waals surface area contributed by atoms with Crippen molar-refractivity contribution in [3.63, 3.8) is 0 Å². The Kier molecular flexibility index (Phi) is 6.51. The van der Waals surface area contributed by atoms with Crippen LogP contribution in [0.3, 0.4) is 0 Å². The molecule has 0 radical (unpaired) electrons. The van der Waals surface area contributed by atoms with Gasteiger partial charge in [0.05, 0.1) is 6.73 Å². The largest absolute Gasteiger partial charge is 0.370 e. The number of thiol groups is 1. The van der Waals surface area contributed by atoms with Gasteiger partial charge < -0.3 is 4.74 Å². The van der Waals surface area contributed by atoms with Crippen molar-refractivity contribution < 1.29 is 4.74 Å². The highest BCUT2D eigenvalue weighted by Gasteiger charge is 1.76. The smallest absolute Gasteiger partial charge is 0.0961 e. The molecule has 44 valence electrons. The number of methoxy groups -OCH3 is 1. The van der Waals surface area contributed by atoms with E-state index in [-0.39, 0.29) is 0 Å². The van der Waals surface area contributed by atoms with Gasteiger partial charge in [-0.3, -0.25) is 5.32 Å². The minimum absolute atomic E-state index is 0.626. The van der Waals surface area contributed by atoms with E-state index in [1.165, 1.54) is 0 Å². The zero-order chi connectivity index (χ0) is 5.54. The topological polar surface area (TPSA) is 21.3 Å². The van der Waals surface area contributed by atoms with Gasteiger partial charge in [-0.25, -0.2) is 0 Å². The van der Waals surface area contributed by atoms with E-state index < -0.39 is 0 Å². The van der Waals surface area contributed by atoms with Crippen LogP contribution < -0.4 is 5.32 Å². The van der Waals surface area contributed by atoms with Crippen LogP contribution in [-0.4, -0.2) is 26.1 Å². The average Bonchev–Trinajstić information content (AvgIpc) is 1.69. The van der Waals surface area contributed by atoms with Gasteiger partial charge in [-0.05, 0) is 0 Å². The normalized spacial score (nSPS) is 9.43. The molecule has 1 N–H and O–H groups in total. The van der Waals surface area contributed by atoms with Crippen LogP contribution in [0.25, 0.3) is 0 Å². The summed E-state index contributed by atoms with van der Waals surface area (Å²) in [5.74, 6) is 0.864. The van der Waals surface area contributed by atoms with E-state index in [2.05, 4.69) is 17.9 Å². The molecular formula is C4H11NOS. The number of rotatable bonds is 4. The summed E-state index contributed by atoms with van der Waals surface area (Å²) >= 11 is 3.98. The fourth-order valence-corrected chi connectivity index (χ4v) is 0.411. The Balaban J connectivity index is 2.45. The van der Waals surface area contributed by atoms with Gasteiger partial charge >= 0.3 is 0 Å². The molecule has 0 aromatic carbocycles. The van der Waals surface area contributed by atoms with E-state index in [1.807, 2.05) is 0 Å². The molecule has 0 saturated carbocycles. The van der Waals surface area contributed by atoms with Crippen molar-refractivity contribution in [2.75, 3.05) is 26.1 Å². The lowest BCUT2D eigenvalue weighted by atomic mass is 10.8. The zero-order valence-corrected chi connectivity index (χ0v) is 5.37. The lowest BCUT2D eigenvalue weighted by molar-refractivity contribution is 0.178. The highest BCUT2D eigenvalue weighted by Crippen LogP contribution is 1.66. The molecule has 0 aliphatic heterocycles. The number of hydrogen-bond acceptors (Lipinski definition) is 3. The SMILES string of the molecule is COCNCCS. The third-order valence-electron chi connectivity index (χ3n) is 0.535. The Morgan fingerprint density at radius 2 is 2.43 bits per heavy atom. The van der Waals surface area contributed by atoms with Gasteiger partial charge in [0.2, 0.25) is 0 Å². The van der Waals surface area contributed by atoms with Crippen LogP contribution >= 0.6 is 12.6 Å². The predicted octanol–water partition coefficient (Wildman–Crippen LogP) is 0.110. The molecule has 3 heteroatoms. The molecule has 0 heterocycles. The predicted molar refractivity (Wildman–Crippen MR) is 33.7 cm³/mol. The maximum atomic E-state index is 4.70. The molecule has 0 atom stereocenters. The average molecular weight is 121 g/mol. The summed E-state index contributed by atoms with van der Waals surface area (Å²) in [4.78, 5) is 0. The van der Waals surface area contributed by atoms with Crippen molar-refractivity contribution in [2.45, 2.75) is 0 Å². The van der Waals surface area contributed by atoms with Crippen LogP contribution in [0.5, 0.6) is 0 Å². The maximum Gasteiger partial charge on any atom is 0.0961 e. The first-order chi connectivity index (χ1) is 3.41. The van der Waals surface area contributed by atoms with E-state index in [0.717, 1.165) is 12.3 Å². The molecule has 0 amide bonds. The van der Waals surface area contributed by atoms with E-state index in [9.17, 15) is 0 Å². The third-order valence-corrected chi connectivity index (χ3v) is 0.759. The fourth-order valence-electron chi connectivity index (χ4n) is 0.253. The molecule has 0 unspecified atom stereocenters. The molecule has 0 aromatic heterocycles. The molecule has 0 aromatic rings. The van der Waals surface area contributed by atoms with Crippen molar-refractivity contribution in [2.24, 2.45) is 0 Å². The first-order valence-corrected chi connectivity index (χ1v) is 2.85. The van der Waals surface area contributed by atoms with Crippen LogP contribution in [0.15, 0.2) is 0 Å². The van der Waals surface area contributed by atoms with E-state index in [4.69, 9.17) is 4.74 Å². The van der Waals surface area contributed by atoms with Crippen LogP contribution in [0.4, 0.5) is 0 Å². The summed E-state index contributed by atoms with van der Waals surface area (Å²) in [6.07, 6.45) is 0. The van der Waals surface area contributed by atoms with Crippen LogP contribution in [0.2, 0.25) is 0 Å². The van der Waals surface area contributed by atoms with Crippen LogP contribution in [0.1, 0.15) is 0 Å². The second-order valence-corrected chi connectivity index (χ2v) is 1.60. The zero-order valence-electron chi connectivity index (χ0n) is 4.48. The van der Waals surface area contributed by atoms with Crippen LogP contribution in [-0.2, 0) is 4.74 Å². The molecule has 0 bridgehead atoms. The van der Waals surface area contributed by atoms with E-state index in [0.29, 0.717) is 6.73 Å². The number of hydrogen-bond donors (Lipinski definition) is 2. The molecule has 7 heavy (non-hydrogen) atoms. The summed E-state index contributed by atoms with van der Waals surface area (Å²) in [6, 6.07) is 0. The molecular weight excluding hydrogens is 110 g/mol. The number of nitrogens with one attached hydrogen (secondary N) is 1. The maximum absolute atomic E-state index is 4.70. The van der Waals surface area contributed by atoms with Gasteiger partial charge in [0.25, 0.3) is 0 Å². The first kappa shape index (κ1) is 7.27. The third kappa shape index (κ3) is 6.27. The van der Waals surface area contributed by atoms with Gasteiger partial charge in [0.15, 0.2) is 0 Å². The van der Waals surface area contributed by atoms with Crippen LogP contribution in [0, 0.1) is 0 Å². The number of ether oxygens (including phenoxy) is 1. The molecule has 0 aliphatic rings. The highest BCUT2D eigenvalue weighted by atomic mass is 32.1. The highest BCUT2D eigenvalue weighted by molar-refractivity contribution is 7.80. The van der Waals surface area contributed by atoms with Crippen molar-refractivity contribution >= 4 is 12.6 Å². The van der Waals surface area contributed by atoms with Gasteiger partial charge in [-0.15, -0.1) is 0 Å². The lowest BCUT2D eigenvalue weighted by Gasteiger charge is -1.96. The molecule has 2 nitrogen and oxygen atoms in total. The first-order valence-electron chi connectivity index (χ1n) is 2.22. The molecule has 0 saturated heterocycles. The molecule has 0 fully saturated rings. The quantitative estimate of drug-likeness (QED) is 0.313. The summed E-state index contributed by atoms with van der Waals surface area (Å²) < 4.78 is 4.70. The van der Waals surface area contributed by atoms with E-state index >= 15 is 0 Å². The Morgan fingerprint density at radius 3 is 2.86 bits per heavy atom. The summed E-state index contributed by atoms with van der Waals surface area (Å²) in [5.41, 5.74) is 0. The van der Waals surface area contributed by atoms with Crippen molar-refractivity contribution in [3.05, 3.63) is 0 Å². The Morgan fingerprint density at radius 1 is 1.71 bits per heavy atom. The van der Waals surface area contributed by atoms with Gasteiger partial charge in [-0.1, -0.05) is 0 Å². The molecule has 0 rings (SSSR count). The second kappa shape index (κ2) is 6.27. The van der Waals surface area contributed by atoms with E-state index in [1.54, 1.807) is 7.11 Å². The Hall–Kier alpha value is 0.270. The lowest BCUT2D eigenvalue weighted by Crippen LogP contribution is -2.18. The standard InChI is InChI=1S/C4H11NOS/c1-6-4-5-2-3-7/h5,7H,2-4H2,1H3. The van der Waals surface area contributed by atoms with Crippen molar-refractivity contribution in [1.82, 2.24) is 5.32 Å². The molecule has 0 aliphatic carbocycles. The van der Waals surface area contributed by atoms with Crippen molar-refractivity contribution in [1.29, 1.82) is 0 Å². The van der Waals surface area contributed by atoms with Gasteiger partial charge in [-0.2, -0.15) is 12.6 Å². The summed E-state index contributed by atoms with van der Waals surface area (Å²) in [7, 11) is 1.66. The second-order valence-electron chi connectivity index (χ2n) is 1.16. The summed E-state index contributed by atoms with van der Waals surface area (Å²) in [6.45, 7) is 1.54. The Labute approximate surface area is 49.7 Å². The van der Waals surface area contributed by atoms with Crippen molar-refractivity contribution in [3.8, 4) is 0 Å². The molecule has 0 spiro atoms. The minimum atomic E-state index is 0.626. The fraction of sp³-hybridized carbons (Fsp3) is 1.00.